The van der Waals surface area contributed by atoms with Gasteiger partial charge in [0.15, 0.2) is 0 Å². The fourth-order valence-electron chi connectivity index (χ4n) is 9.00. The minimum atomic E-state index is 0.854. The summed E-state index contributed by atoms with van der Waals surface area (Å²) < 4.78 is 13.0. The third-order valence-corrected chi connectivity index (χ3v) is 11.9. The second-order valence-corrected chi connectivity index (χ2v) is 15.3. The molecule has 3 heteroatoms. The zero-order valence-electron chi connectivity index (χ0n) is 32.0. The predicted molar refractivity (Wildman–Crippen MR) is 247 cm³/mol. The van der Waals surface area contributed by atoms with Gasteiger partial charge in [0.25, 0.3) is 0 Å². The predicted octanol–water partition coefficient (Wildman–Crippen LogP) is 16.3. The Morgan fingerprint density at radius 3 is 1.75 bits per heavy atom. The quantitative estimate of drug-likeness (QED) is 0.169. The molecule has 10 aromatic carbocycles. The fourth-order valence-corrected chi connectivity index (χ4v) is 9.00. The molecule has 0 N–H and O–H groups in total. The number of hydrogen-bond donors (Lipinski definition) is 0. The van der Waals surface area contributed by atoms with Crippen molar-refractivity contribution in [3.63, 3.8) is 0 Å². The summed E-state index contributed by atoms with van der Waals surface area (Å²) in [4.78, 5) is 2.37. The lowest BCUT2D eigenvalue weighted by Gasteiger charge is -2.27. The normalized spacial score (nSPS) is 11.7. The highest BCUT2D eigenvalue weighted by molar-refractivity contribution is 6.20. The van der Waals surface area contributed by atoms with Gasteiger partial charge in [0.2, 0.25) is 0 Å². The Bertz CT molecular complexity index is 3550. The van der Waals surface area contributed by atoms with Crippen molar-refractivity contribution in [3.8, 4) is 33.4 Å². The van der Waals surface area contributed by atoms with Crippen LogP contribution >= 0.6 is 0 Å². The van der Waals surface area contributed by atoms with E-state index in [-0.39, 0.29) is 0 Å². The van der Waals surface area contributed by atoms with Crippen LogP contribution in [0.4, 0.5) is 17.1 Å². The highest BCUT2D eigenvalue weighted by atomic mass is 16.3. The summed E-state index contributed by atoms with van der Waals surface area (Å²) in [7, 11) is 0. The molecule has 0 unspecified atom stereocenters. The van der Waals surface area contributed by atoms with Crippen LogP contribution in [0.3, 0.4) is 0 Å². The Labute approximate surface area is 340 Å². The molecule has 2 heterocycles. The number of hydrogen-bond acceptors (Lipinski definition) is 3. The van der Waals surface area contributed by atoms with Crippen molar-refractivity contribution in [2.24, 2.45) is 0 Å². The first-order chi connectivity index (χ1) is 29.2. The van der Waals surface area contributed by atoms with Crippen molar-refractivity contribution in [1.82, 2.24) is 0 Å². The first kappa shape index (κ1) is 33.3. The van der Waals surface area contributed by atoms with Gasteiger partial charge >= 0.3 is 0 Å². The third-order valence-electron chi connectivity index (χ3n) is 11.9. The van der Waals surface area contributed by atoms with Gasteiger partial charge in [-0.1, -0.05) is 152 Å². The summed E-state index contributed by atoms with van der Waals surface area (Å²) in [5.41, 5.74) is 13.7. The van der Waals surface area contributed by atoms with Crippen molar-refractivity contribution < 1.29 is 8.83 Å². The van der Waals surface area contributed by atoms with Crippen LogP contribution in [0.5, 0.6) is 0 Å². The van der Waals surface area contributed by atoms with E-state index in [2.05, 4.69) is 205 Å². The Balaban J connectivity index is 0.998. The molecule has 0 spiro atoms. The maximum atomic E-state index is 6.70. The minimum Gasteiger partial charge on any atom is -0.456 e. The summed E-state index contributed by atoms with van der Waals surface area (Å²) in [5.74, 6) is 0. The van der Waals surface area contributed by atoms with Gasteiger partial charge < -0.3 is 13.7 Å². The molecule has 2 aromatic heterocycles. The lowest BCUT2D eigenvalue weighted by atomic mass is 9.97. The average molecular weight is 754 g/mol. The number of benzene rings is 10. The highest BCUT2D eigenvalue weighted by Gasteiger charge is 2.22. The number of para-hydroxylation sites is 1. The maximum absolute atomic E-state index is 6.70. The molecule has 59 heavy (non-hydrogen) atoms. The van der Waals surface area contributed by atoms with E-state index in [4.69, 9.17) is 8.83 Å². The smallest absolute Gasteiger partial charge is 0.143 e. The van der Waals surface area contributed by atoms with Gasteiger partial charge in [0.1, 0.15) is 22.3 Å². The largest absolute Gasteiger partial charge is 0.456 e. The molecule has 0 aliphatic heterocycles. The summed E-state index contributed by atoms with van der Waals surface area (Å²) in [6, 6.07) is 75.8. The van der Waals surface area contributed by atoms with Crippen molar-refractivity contribution in [2.75, 3.05) is 4.90 Å². The molecule has 12 aromatic rings. The van der Waals surface area contributed by atoms with Crippen LogP contribution in [-0.4, -0.2) is 0 Å². The lowest BCUT2D eigenvalue weighted by molar-refractivity contribution is 0.669. The number of rotatable bonds is 6. The van der Waals surface area contributed by atoms with Crippen LogP contribution in [0.2, 0.25) is 0 Å². The van der Waals surface area contributed by atoms with Gasteiger partial charge in [0.05, 0.1) is 11.1 Å². The molecule has 0 saturated carbocycles. The van der Waals surface area contributed by atoms with Crippen LogP contribution in [0.25, 0.3) is 98.8 Å². The van der Waals surface area contributed by atoms with E-state index in [0.717, 1.165) is 88.4 Å². The molecule has 0 saturated heterocycles. The van der Waals surface area contributed by atoms with E-state index in [1.54, 1.807) is 0 Å². The second kappa shape index (κ2) is 13.4. The van der Waals surface area contributed by atoms with Gasteiger partial charge in [-0.15, -0.1) is 0 Å². The van der Waals surface area contributed by atoms with E-state index in [9.17, 15) is 0 Å². The van der Waals surface area contributed by atoms with Crippen LogP contribution in [0.15, 0.2) is 221 Å². The second-order valence-electron chi connectivity index (χ2n) is 15.3. The van der Waals surface area contributed by atoms with E-state index in [1.807, 2.05) is 12.1 Å². The van der Waals surface area contributed by atoms with Crippen LogP contribution in [0, 0.1) is 0 Å². The minimum absolute atomic E-state index is 0.854. The van der Waals surface area contributed by atoms with Gasteiger partial charge in [-0.3, -0.25) is 0 Å². The third kappa shape index (κ3) is 5.51. The van der Waals surface area contributed by atoms with Gasteiger partial charge in [-0.05, 0) is 110 Å². The van der Waals surface area contributed by atoms with E-state index < -0.39 is 0 Å². The highest BCUT2D eigenvalue weighted by Crippen LogP contribution is 2.46. The fraction of sp³-hybridized carbons (Fsp3) is 0. The molecule has 3 nitrogen and oxygen atoms in total. The van der Waals surface area contributed by atoms with Crippen molar-refractivity contribution in [3.05, 3.63) is 212 Å². The molecule has 276 valence electrons. The van der Waals surface area contributed by atoms with E-state index in [1.165, 1.54) is 27.5 Å². The first-order valence-electron chi connectivity index (χ1n) is 20.1. The van der Waals surface area contributed by atoms with Crippen molar-refractivity contribution >= 4 is 82.5 Å². The Kier molecular flexibility index (Phi) is 7.54. The molecule has 0 amide bonds. The summed E-state index contributed by atoms with van der Waals surface area (Å²) >= 11 is 0. The average Bonchev–Trinajstić information content (AvgIpc) is 3.89. The van der Waals surface area contributed by atoms with Crippen LogP contribution in [-0.2, 0) is 0 Å². The van der Waals surface area contributed by atoms with Gasteiger partial charge in [-0.25, -0.2) is 0 Å². The summed E-state index contributed by atoms with van der Waals surface area (Å²) in [5, 5.41) is 9.18. The molecule has 12 rings (SSSR count). The number of anilines is 3. The zero-order valence-corrected chi connectivity index (χ0v) is 32.0. The van der Waals surface area contributed by atoms with Crippen molar-refractivity contribution in [2.45, 2.75) is 0 Å². The van der Waals surface area contributed by atoms with Gasteiger partial charge in [0, 0.05) is 32.9 Å². The van der Waals surface area contributed by atoms with Crippen molar-refractivity contribution in [1.29, 1.82) is 0 Å². The molecule has 0 aliphatic carbocycles. The monoisotopic (exact) mass is 753 g/mol. The molecule has 0 radical (unpaired) electrons. The topological polar surface area (TPSA) is 29.5 Å². The zero-order chi connectivity index (χ0) is 38.9. The van der Waals surface area contributed by atoms with Crippen LogP contribution < -0.4 is 4.90 Å². The molecular formula is C56H35NO2. The van der Waals surface area contributed by atoms with E-state index in [0.29, 0.717) is 0 Å². The van der Waals surface area contributed by atoms with E-state index >= 15 is 0 Å². The first-order valence-corrected chi connectivity index (χ1v) is 20.1. The number of nitrogens with zero attached hydrogens (tertiary/aromatic N) is 1. The SMILES string of the molecule is c1cc(-c2cccc3oc4ccccc4c23)cc(N(c2ccc(-c3ccc(-c4ccc5ccccc5c4)cc3)cc2)c2cccc3oc4c5ccccc5ccc4c23)c1. The Morgan fingerprint density at radius 1 is 0.305 bits per heavy atom. The van der Waals surface area contributed by atoms with Crippen LogP contribution in [0.1, 0.15) is 0 Å². The Hall–Kier alpha value is -7.88. The Morgan fingerprint density at radius 2 is 0.915 bits per heavy atom. The number of furan rings is 2. The lowest BCUT2D eigenvalue weighted by Crippen LogP contribution is -2.10. The standard InChI is InChI=1S/C56H35NO2/c1-2-12-41-34-42(27-26-36(41)10-1)39-24-22-37(23-25-39)38-28-31-44(32-29-38)57(50-18-9-21-53-55(50)49-33-30-40-11-3-4-15-47(40)56(49)59-53)45-14-7-13-43(35-45)46-17-8-20-52-54(46)48-16-5-6-19-51(48)58-52/h1-35H. The molecular weight excluding hydrogens is 719 g/mol. The molecule has 0 aliphatic rings. The summed E-state index contributed by atoms with van der Waals surface area (Å²) in [6.45, 7) is 0. The number of fused-ring (bicyclic) bond motifs is 9. The summed E-state index contributed by atoms with van der Waals surface area (Å²) in [6.07, 6.45) is 0. The van der Waals surface area contributed by atoms with Gasteiger partial charge in [-0.2, -0.15) is 0 Å². The molecule has 0 atom stereocenters. The molecule has 0 fully saturated rings. The molecule has 0 bridgehead atoms. The maximum Gasteiger partial charge on any atom is 0.143 e.